The minimum atomic E-state index is -0.337. The molecule has 28 heavy (non-hydrogen) atoms. The minimum absolute atomic E-state index is 0.296. The van der Waals surface area contributed by atoms with Crippen molar-refractivity contribution >= 4 is 34.7 Å². The maximum absolute atomic E-state index is 12.0. The van der Waals surface area contributed by atoms with E-state index in [0.29, 0.717) is 35.4 Å². The number of aromatic nitrogens is 2. The monoisotopic (exact) mass is 377 g/mol. The van der Waals surface area contributed by atoms with Crippen molar-refractivity contribution in [2.45, 2.75) is 13.8 Å². The number of para-hydroxylation sites is 1. The van der Waals surface area contributed by atoms with Crippen LogP contribution in [0, 0.1) is 5.92 Å². The molecule has 0 saturated carbocycles. The zero-order valence-electron chi connectivity index (χ0n) is 15.8. The molecule has 7 heteroatoms. The first-order valence-electron chi connectivity index (χ1n) is 8.99. The minimum Gasteiger partial charge on any atom is -0.462 e. The van der Waals surface area contributed by atoms with Crippen LogP contribution in [0.1, 0.15) is 24.2 Å². The average molecular weight is 377 g/mol. The molecule has 4 N–H and O–H groups in total. The normalized spacial score (nSPS) is 10.5. The Morgan fingerprint density at radius 3 is 2.11 bits per heavy atom. The van der Waals surface area contributed by atoms with Crippen LogP contribution >= 0.6 is 0 Å². The quantitative estimate of drug-likeness (QED) is 0.526. The molecular weight excluding hydrogens is 354 g/mol. The summed E-state index contributed by atoms with van der Waals surface area (Å²) in [4.78, 5) is 20.4. The molecule has 0 spiro atoms. The lowest BCUT2D eigenvalue weighted by molar-refractivity contribution is 0.0459. The van der Waals surface area contributed by atoms with Gasteiger partial charge in [0, 0.05) is 11.4 Å². The van der Waals surface area contributed by atoms with Crippen molar-refractivity contribution in [2.24, 2.45) is 5.92 Å². The van der Waals surface area contributed by atoms with Gasteiger partial charge in [-0.25, -0.2) is 14.8 Å². The predicted octanol–water partition coefficient (Wildman–Crippen LogP) is 4.36. The van der Waals surface area contributed by atoms with Crippen molar-refractivity contribution in [3.63, 3.8) is 0 Å². The number of hydrogen-bond acceptors (Lipinski definition) is 7. The lowest BCUT2D eigenvalue weighted by atomic mass is 10.2. The molecule has 1 heterocycles. The van der Waals surface area contributed by atoms with Gasteiger partial charge in [-0.2, -0.15) is 0 Å². The molecule has 0 aliphatic carbocycles. The maximum Gasteiger partial charge on any atom is 0.338 e. The molecule has 3 rings (SSSR count). The lowest BCUT2D eigenvalue weighted by Crippen LogP contribution is -2.10. The molecule has 0 fully saturated rings. The second kappa shape index (κ2) is 8.85. The summed E-state index contributed by atoms with van der Waals surface area (Å²) < 4.78 is 5.23. The van der Waals surface area contributed by atoms with Crippen LogP contribution in [0.2, 0.25) is 0 Å². The standard InChI is InChI=1S/C21H23N5O2/c1-14(2)12-28-21(27)15-8-10-17(11-9-15)26-20-18(22)19(23-13-24-20)25-16-6-4-3-5-7-16/h3-11,13-14H,12,22H2,1-2H3,(H2,23,24,25,26). The number of carbonyl (C=O) groups is 1. The Labute approximate surface area is 164 Å². The summed E-state index contributed by atoms with van der Waals surface area (Å²) in [5, 5.41) is 6.31. The zero-order chi connectivity index (χ0) is 19.9. The molecule has 0 unspecified atom stereocenters. The van der Waals surface area contributed by atoms with Crippen LogP contribution in [-0.2, 0) is 4.74 Å². The smallest absolute Gasteiger partial charge is 0.338 e. The van der Waals surface area contributed by atoms with E-state index < -0.39 is 0 Å². The third-order valence-corrected chi connectivity index (χ3v) is 3.85. The Morgan fingerprint density at radius 2 is 1.54 bits per heavy atom. The van der Waals surface area contributed by atoms with Crippen LogP contribution in [0.25, 0.3) is 0 Å². The van der Waals surface area contributed by atoms with Gasteiger partial charge in [0.1, 0.15) is 12.0 Å². The Morgan fingerprint density at radius 1 is 0.964 bits per heavy atom. The van der Waals surface area contributed by atoms with Gasteiger partial charge in [0.05, 0.1) is 12.2 Å². The fraction of sp³-hybridized carbons (Fsp3) is 0.190. The van der Waals surface area contributed by atoms with Gasteiger partial charge < -0.3 is 21.1 Å². The van der Waals surface area contributed by atoms with Crippen LogP contribution in [0.4, 0.5) is 28.7 Å². The molecule has 0 radical (unpaired) electrons. The Balaban J connectivity index is 1.70. The zero-order valence-corrected chi connectivity index (χ0v) is 15.8. The molecule has 1 aromatic heterocycles. The second-order valence-electron chi connectivity index (χ2n) is 6.67. The fourth-order valence-corrected chi connectivity index (χ4v) is 2.41. The summed E-state index contributed by atoms with van der Waals surface area (Å²) in [5.74, 6) is 0.946. The van der Waals surface area contributed by atoms with E-state index in [1.807, 2.05) is 44.2 Å². The van der Waals surface area contributed by atoms with Gasteiger partial charge in [0.2, 0.25) is 0 Å². The number of hydrogen-bond donors (Lipinski definition) is 3. The predicted molar refractivity (Wildman–Crippen MR) is 111 cm³/mol. The molecule has 0 bridgehead atoms. The molecule has 0 atom stereocenters. The van der Waals surface area contributed by atoms with Crippen LogP contribution in [-0.4, -0.2) is 22.5 Å². The van der Waals surface area contributed by atoms with Gasteiger partial charge in [0.15, 0.2) is 11.6 Å². The largest absolute Gasteiger partial charge is 0.462 e. The van der Waals surface area contributed by atoms with E-state index in [1.54, 1.807) is 24.3 Å². The van der Waals surface area contributed by atoms with Crippen LogP contribution < -0.4 is 16.4 Å². The Kier molecular flexibility index (Phi) is 6.06. The first-order valence-corrected chi connectivity index (χ1v) is 8.99. The van der Waals surface area contributed by atoms with Crippen molar-refractivity contribution in [3.05, 3.63) is 66.5 Å². The maximum atomic E-state index is 12.0. The molecule has 3 aromatic rings. The molecule has 0 aliphatic heterocycles. The van der Waals surface area contributed by atoms with Crippen molar-refractivity contribution in [2.75, 3.05) is 23.0 Å². The van der Waals surface area contributed by atoms with E-state index in [1.165, 1.54) is 6.33 Å². The fourth-order valence-electron chi connectivity index (χ4n) is 2.41. The van der Waals surface area contributed by atoms with E-state index >= 15 is 0 Å². The van der Waals surface area contributed by atoms with Crippen LogP contribution in [0.15, 0.2) is 60.9 Å². The highest BCUT2D eigenvalue weighted by Gasteiger charge is 2.11. The highest BCUT2D eigenvalue weighted by Crippen LogP contribution is 2.28. The number of nitrogens with zero attached hydrogens (tertiary/aromatic N) is 2. The van der Waals surface area contributed by atoms with E-state index in [4.69, 9.17) is 10.5 Å². The SMILES string of the molecule is CC(C)COC(=O)c1ccc(Nc2ncnc(Nc3ccccc3)c2N)cc1. The molecule has 7 nitrogen and oxygen atoms in total. The van der Waals surface area contributed by atoms with Gasteiger partial charge >= 0.3 is 5.97 Å². The molecule has 0 amide bonds. The number of carbonyl (C=O) groups excluding carboxylic acids is 1. The number of rotatable bonds is 7. The molecule has 2 aromatic carbocycles. The van der Waals surface area contributed by atoms with E-state index in [2.05, 4.69) is 20.6 Å². The topological polar surface area (TPSA) is 102 Å². The summed E-state index contributed by atoms with van der Waals surface area (Å²) in [5.41, 5.74) is 8.71. The Hall–Kier alpha value is -3.61. The van der Waals surface area contributed by atoms with Crippen molar-refractivity contribution in [1.29, 1.82) is 0 Å². The number of nitrogens with two attached hydrogens (primary N) is 1. The first-order chi connectivity index (χ1) is 13.5. The van der Waals surface area contributed by atoms with Crippen LogP contribution in [0.5, 0.6) is 0 Å². The summed E-state index contributed by atoms with van der Waals surface area (Å²) in [6, 6.07) is 16.6. The summed E-state index contributed by atoms with van der Waals surface area (Å²) in [7, 11) is 0. The van der Waals surface area contributed by atoms with E-state index in [9.17, 15) is 4.79 Å². The summed E-state index contributed by atoms with van der Waals surface area (Å²) in [6.45, 7) is 4.38. The van der Waals surface area contributed by atoms with Gasteiger partial charge in [-0.05, 0) is 42.3 Å². The number of ether oxygens (including phenoxy) is 1. The number of nitrogen functional groups attached to an aromatic ring is 1. The number of esters is 1. The number of anilines is 5. The average Bonchev–Trinajstić information content (AvgIpc) is 2.70. The van der Waals surface area contributed by atoms with Gasteiger partial charge in [-0.3, -0.25) is 0 Å². The van der Waals surface area contributed by atoms with Gasteiger partial charge in [-0.15, -0.1) is 0 Å². The second-order valence-corrected chi connectivity index (χ2v) is 6.67. The highest BCUT2D eigenvalue weighted by atomic mass is 16.5. The third-order valence-electron chi connectivity index (χ3n) is 3.85. The summed E-state index contributed by atoms with van der Waals surface area (Å²) in [6.07, 6.45) is 1.43. The number of benzene rings is 2. The third kappa shape index (κ3) is 4.97. The first kappa shape index (κ1) is 19.2. The van der Waals surface area contributed by atoms with E-state index in [0.717, 1.165) is 11.4 Å². The van der Waals surface area contributed by atoms with Crippen molar-refractivity contribution in [3.8, 4) is 0 Å². The number of nitrogens with one attached hydrogen (secondary N) is 2. The van der Waals surface area contributed by atoms with Crippen LogP contribution in [0.3, 0.4) is 0 Å². The van der Waals surface area contributed by atoms with Crippen molar-refractivity contribution in [1.82, 2.24) is 9.97 Å². The molecular formula is C21H23N5O2. The highest BCUT2D eigenvalue weighted by molar-refractivity contribution is 5.90. The molecule has 144 valence electrons. The lowest BCUT2D eigenvalue weighted by Gasteiger charge is -2.13. The van der Waals surface area contributed by atoms with Crippen molar-refractivity contribution < 1.29 is 9.53 Å². The molecule has 0 aliphatic rings. The van der Waals surface area contributed by atoms with Gasteiger partial charge in [0.25, 0.3) is 0 Å². The summed E-state index contributed by atoms with van der Waals surface area (Å²) >= 11 is 0. The van der Waals surface area contributed by atoms with E-state index in [-0.39, 0.29) is 5.97 Å². The van der Waals surface area contributed by atoms with Gasteiger partial charge in [-0.1, -0.05) is 32.0 Å². The molecule has 0 saturated heterocycles. The Bertz CT molecular complexity index is 927.